The van der Waals surface area contributed by atoms with Crippen LogP contribution >= 0.6 is 24.0 Å². The molecule has 1 aromatic carbocycles. The van der Waals surface area contributed by atoms with Gasteiger partial charge in [-0.25, -0.2) is 0 Å². The zero-order valence-corrected chi connectivity index (χ0v) is 21.2. The fourth-order valence-electron chi connectivity index (χ4n) is 5.22. The van der Waals surface area contributed by atoms with E-state index in [2.05, 4.69) is 64.0 Å². The summed E-state index contributed by atoms with van der Waals surface area (Å²) in [6.07, 6.45) is 6.21. The van der Waals surface area contributed by atoms with E-state index in [1.165, 1.54) is 10.5 Å². The van der Waals surface area contributed by atoms with Gasteiger partial charge in [0.1, 0.15) is 0 Å². The van der Waals surface area contributed by atoms with Crippen molar-refractivity contribution in [1.82, 2.24) is 20.4 Å². The zero-order chi connectivity index (χ0) is 21.8. The van der Waals surface area contributed by atoms with E-state index in [4.69, 9.17) is 0 Å². The Labute approximate surface area is 207 Å². The fourth-order valence-corrected chi connectivity index (χ4v) is 5.22. The summed E-state index contributed by atoms with van der Waals surface area (Å²) in [5, 5.41) is 6.55. The first-order chi connectivity index (χ1) is 15.1. The van der Waals surface area contributed by atoms with E-state index < -0.39 is 0 Å². The van der Waals surface area contributed by atoms with E-state index in [0.717, 1.165) is 32.5 Å². The van der Waals surface area contributed by atoms with Crippen LogP contribution < -0.4 is 10.6 Å². The third kappa shape index (κ3) is 5.33. The Balaban J connectivity index is 0.00000289. The number of allylic oxidation sites excluding steroid dienone is 2. The topological polar surface area (TPSA) is 77.0 Å². The molecule has 1 saturated carbocycles. The van der Waals surface area contributed by atoms with Gasteiger partial charge in [-0.1, -0.05) is 42.5 Å². The van der Waals surface area contributed by atoms with E-state index >= 15 is 0 Å². The number of imide groups is 1. The molecule has 8 heteroatoms. The van der Waals surface area contributed by atoms with Crippen molar-refractivity contribution >= 4 is 41.8 Å². The Bertz CT molecular complexity index is 829. The lowest BCUT2D eigenvalue weighted by Gasteiger charge is -2.19. The molecule has 2 N–H and O–H groups in total. The molecule has 4 atom stereocenters. The molecule has 7 nitrogen and oxygen atoms in total. The highest BCUT2D eigenvalue weighted by atomic mass is 127. The van der Waals surface area contributed by atoms with Crippen molar-refractivity contribution in [3.63, 3.8) is 0 Å². The number of likely N-dealkylation sites (tertiary alicyclic amines) is 1. The van der Waals surface area contributed by atoms with E-state index in [0.29, 0.717) is 19.0 Å². The van der Waals surface area contributed by atoms with Crippen molar-refractivity contribution in [3.05, 3.63) is 48.0 Å². The van der Waals surface area contributed by atoms with Gasteiger partial charge in [0.05, 0.1) is 11.8 Å². The van der Waals surface area contributed by atoms with Gasteiger partial charge in [0.25, 0.3) is 0 Å². The second kappa shape index (κ2) is 11.3. The lowest BCUT2D eigenvalue weighted by Crippen LogP contribution is -2.44. The summed E-state index contributed by atoms with van der Waals surface area (Å²) in [6.45, 7) is 3.62. The van der Waals surface area contributed by atoms with Gasteiger partial charge < -0.3 is 15.5 Å². The van der Waals surface area contributed by atoms with Crippen molar-refractivity contribution in [3.8, 4) is 0 Å². The van der Waals surface area contributed by atoms with Crippen LogP contribution in [0.2, 0.25) is 0 Å². The molecule has 1 saturated heterocycles. The van der Waals surface area contributed by atoms with Gasteiger partial charge in [0, 0.05) is 33.2 Å². The fraction of sp³-hybridized carbons (Fsp3) is 0.542. The van der Waals surface area contributed by atoms with Crippen LogP contribution in [0.3, 0.4) is 0 Å². The first-order valence-electron chi connectivity index (χ1n) is 11.3. The average Bonchev–Trinajstić information content (AvgIpc) is 3.45. The van der Waals surface area contributed by atoms with Crippen LogP contribution in [0.4, 0.5) is 0 Å². The SMILES string of the molecule is CN=C(NCCCN(C)Cc1ccccc1)NCCN1C(=O)C2C3C=CC(C3)C2C1=O.I. The van der Waals surface area contributed by atoms with Gasteiger partial charge >= 0.3 is 0 Å². The van der Waals surface area contributed by atoms with Crippen molar-refractivity contribution < 1.29 is 9.59 Å². The molecule has 32 heavy (non-hydrogen) atoms. The minimum Gasteiger partial charge on any atom is -0.356 e. The highest BCUT2D eigenvalue weighted by molar-refractivity contribution is 14.0. The van der Waals surface area contributed by atoms with Gasteiger partial charge in [-0.15, -0.1) is 24.0 Å². The maximum absolute atomic E-state index is 12.7. The predicted octanol–water partition coefficient (Wildman–Crippen LogP) is 2.10. The highest BCUT2D eigenvalue weighted by Crippen LogP contribution is 2.52. The van der Waals surface area contributed by atoms with Crippen LogP contribution in [0.5, 0.6) is 0 Å². The van der Waals surface area contributed by atoms with Crippen LogP contribution in [0.1, 0.15) is 18.4 Å². The number of rotatable bonds is 9. The molecule has 0 radical (unpaired) electrons. The molecule has 1 heterocycles. The molecule has 2 aliphatic carbocycles. The molecule has 1 aliphatic heterocycles. The van der Waals surface area contributed by atoms with Crippen LogP contribution in [0, 0.1) is 23.7 Å². The molecule has 2 bridgehead atoms. The van der Waals surface area contributed by atoms with Crippen LogP contribution in [-0.4, -0.2) is 67.8 Å². The molecular formula is C24H34IN5O2. The molecule has 1 aromatic rings. The summed E-state index contributed by atoms with van der Waals surface area (Å²) >= 11 is 0. The normalized spacial score (nSPS) is 26.0. The Kier molecular flexibility index (Phi) is 8.70. The number of carbonyl (C=O) groups is 2. The Morgan fingerprint density at radius 1 is 1.06 bits per heavy atom. The smallest absolute Gasteiger partial charge is 0.233 e. The minimum atomic E-state index is -0.118. The average molecular weight is 551 g/mol. The molecule has 2 amide bonds. The molecule has 174 valence electrons. The molecular weight excluding hydrogens is 517 g/mol. The third-order valence-corrected chi connectivity index (χ3v) is 6.72. The van der Waals surface area contributed by atoms with E-state index in [-0.39, 0.29) is 59.5 Å². The number of halogens is 1. The van der Waals surface area contributed by atoms with Crippen molar-refractivity contribution in [2.75, 3.05) is 40.3 Å². The van der Waals surface area contributed by atoms with Crippen LogP contribution in [0.25, 0.3) is 0 Å². The molecule has 4 rings (SSSR count). The summed E-state index contributed by atoms with van der Waals surface area (Å²) < 4.78 is 0. The van der Waals surface area contributed by atoms with Gasteiger partial charge in [-0.2, -0.15) is 0 Å². The Hall–Kier alpha value is -1.94. The maximum Gasteiger partial charge on any atom is 0.233 e. The standard InChI is InChI=1S/C24H33N5O2.HI/c1-25-24(26-11-6-13-28(2)16-17-7-4-3-5-8-17)27-12-14-29-22(30)20-18-9-10-19(15-18)21(20)23(29)31;/h3-5,7-10,18-21H,6,11-16H2,1-2H3,(H2,25,26,27);1H. The summed E-state index contributed by atoms with van der Waals surface area (Å²) in [5.74, 6) is 1.01. The van der Waals surface area contributed by atoms with Gasteiger partial charge in [-0.05, 0) is 43.8 Å². The highest BCUT2D eigenvalue weighted by Gasteiger charge is 2.58. The maximum atomic E-state index is 12.7. The quantitative estimate of drug-likeness (QED) is 0.123. The lowest BCUT2D eigenvalue weighted by atomic mass is 9.85. The largest absolute Gasteiger partial charge is 0.356 e. The van der Waals surface area contributed by atoms with Crippen molar-refractivity contribution in [2.24, 2.45) is 28.7 Å². The van der Waals surface area contributed by atoms with Gasteiger partial charge in [-0.3, -0.25) is 19.5 Å². The van der Waals surface area contributed by atoms with Crippen LogP contribution in [0.15, 0.2) is 47.5 Å². The summed E-state index contributed by atoms with van der Waals surface area (Å²) in [7, 11) is 3.86. The monoisotopic (exact) mass is 551 g/mol. The Morgan fingerprint density at radius 3 is 2.31 bits per heavy atom. The molecule has 3 aliphatic rings. The lowest BCUT2D eigenvalue weighted by molar-refractivity contribution is -0.140. The Morgan fingerprint density at radius 2 is 1.69 bits per heavy atom. The first kappa shape index (κ1) is 24.7. The number of aliphatic imine (C=N–C) groups is 1. The number of hydrogen-bond acceptors (Lipinski definition) is 4. The zero-order valence-electron chi connectivity index (χ0n) is 18.9. The number of guanidine groups is 1. The van der Waals surface area contributed by atoms with Crippen molar-refractivity contribution in [1.29, 1.82) is 0 Å². The second-order valence-electron chi connectivity index (χ2n) is 8.83. The third-order valence-electron chi connectivity index (χ3n) is 6.72. The van der Waals surface area contributed by atoms with Gasteiger partial charge in [0.15, 0.2) is 5.96 Å². The predicted molar refractivity (Wildman–Crippen MR) is 137 cm³/mol. The number of carbonyl (C=O) groups excluding carboxylic acids is 2. The second-order valence-corrected chi connectivity index (χ2v) is 8.83. The number of nitrogens with one attached hydrogen (secondary N) is 2. The number of hydrogen-bond donors (Lipinski definition) is 2. The van der Waals surface area contributed by atoms with E-state index in [9.17, 15) is 9.59 Å². The van der Waals surface area contributed by atoms with Crippen molar-refractivity contribution in [2.45, 2.75) is 19.4 Å². The summed E-state index contributed by atoms with van der Waals surface area (Å²) in [6, 6.07) is 10.5. The van der Waals surface area contributed by atoms with Gasteiger partial charge in [0.2, 0.25) is 11.8 Å². The first-order valence-corrected chi connectivity index (χ1v) is 11.3. The minimum absolute atomic E-state index is 0. The number of nitrogens with zero attached hydrogens (tertiary/aromatic N) is 3. The number of benzene rings is 1. The number of fused-ring (bicyclic) bond motifs is 5. The summed E-state index contributed by atoms with van der Waals surface area (Å²) in [4.78, 5) is 33.5. The summed E-state index contributed by atoms with van der Waals surface area (Å²) in [5.41, 5.74) is 1.31. The molecule has 0 aromatic heterocycles. The molecule has 4 unspecified atom stereocenters. The molecule has 0 spiro atoms. The van der Waals surface area contributed by atoms with E-state index in [1.54, 1.807) is 7.05 Å². The molecule has 2 fully saturated rings. The van der Waals surface area contributed by atoms with Crippen LogP contribution in [-0.2, 0) is 16.1 Å². The van der Waals surface area contributed by atoms with E-state index in [1.807, 2.05) is 6.07 Å². The number of amides is 2.